The van der Waals surface area contributed by atoms with E-state index < -0.39 is 23.5 Å². The van der Waals surface area contributed by atoms with E-state index >= 15 is 0 Å². The molecule has 0 fully saturated rings. The molecule has 2 aromatic carbocycles. The maximum atomic E-state index is 13.2. The van der Waals surface area contributed by atoms with Gasteiger partial charge in [0.2, 0.25) is 6.19 Å². The van der Waals surface area contributed by atoms with Gasteiger partial charge in [-0.25, -0.2) is 9.97 Å². The minimum absolute atomic E-state index is 0.0446. The second-order valence-corrected chi connectivity index (χ2v) is 5.91. The topological polar surface area (TPSA) is 61.9 Å². The number of nitriles is 1. The minimum atomic E-state index is -5.23. The van der Waals surface area contributed by atoms with E-state index in [1.165, 1.54) is 0 Å². The monoisotopic (exact) mass is 392 g/mol. The highest BCUT2D eigenvalue weighted by Gasteiger charge is 2.44. The molecule has 0 N–H and O–H groups in total. The third kappa shape index (κ3) is 2.67. The summed E-state index contributed by atoms with van der Waals surface area (Å²) in [6.07, 6.45) is -8.85. The molecule has 0 bridgehead atoms. The summed E-state index contributed by atoms with van der Waals surface area (Å²) in [6, 6.07) is 7.19. The summed E-state index contributed by atoms with van der Waals surface area (Å²) in [6.45, 7) is 0. The van der Waals surface area contributed by atoms with E-state index in [4.69, 9.17) is 5.26 Å². The van der Waals surface area contributed by atoms with Gasteiger partial charge < -0.3 is 0 Å². The van der Waals surface area contributed by atoms with Crippen molar-refractivity contribution in [3.8, 4) is 17.5 Å². The number of rotatable bonds is 0. The number of alkyl halides is 6. The van der Waals surface area contributed by atoms with Crippen molar-refractivity contribution in [2.24, 2.45) is 4.99 Å². The summed E-state index contributed by atoms with van der Waals surface area (Å²) in [7, 11) is 0. The van der Waals surface area contributed by atoms with Crippen molar-refractivity contribution < 1.29 is 26.3 Å². The molecule has 1 aliphatic rings. The van der Waals surface area contributed by atoms with Crippen LogP contribution in [0.1, 0.15) is 22.4 Å². The smallest absolute Gasteiger partial charge is 0.244 e. The fourth-order valence-corrected chi connectivity index (χ4v) is 3.11. The van der Waals surface area contributed by atoms with Gasteiger partial charge in [0.15, 0.2) is 0 Å². The molecular formula is C18H6F6N4. The van der Waals surface area contributed by atoms with E-state index in [-0.39, 0.29) is 28.1 Å². The first-order chi connectivity index (χ1) is 13.1. The highest BCUT2D eigenvalue weighted by atomic mass is 19.4. The molecule has 1 aliphatic carbocycles. The lowest BCUT2D eigenvalue weighted by Gasteiger charge is -2.16. The summed E-state index contributed by atoms with van der Waals surface area (Å²) in [5, 5.41) is 8.91. The second kappa shape index (κ2) is 5.76. The lowest BCUT2D eigenvalue weighted by atomic mass is 10.0. The van der Waals surface area contributed by atoms with Crippen molar-refractivity contribution in [1.29, 1.82) is 5.26 Å². The van der Waals surface area contributed by atoms with Crippen molar-refractivity contribution in [3.63, 3.8) is 0 Å². The van der Waals surface area contributed by atoms with Crippen LogP contribution in [0, 0.1) is 11.5 Å². The van der Waals surface area contributed by atoms with E-state index in [0.717, 1.165) is 0 Å². The van der Waals surface area contributed by atoms with Crippen LogP contribution in [0.3, 0.4) is 0 Å². The molecule has 0 saturated heterocycles. The Hall–Kier alpha value is -3.48. The fourth-order valence-electron chi connectivity index (χ4n) is 3.11. The normalized spacial score (nSPS) is 14.8. The maximum absolute atomic E-state index is 13.2. The number of fused-ring (bicyclic) bond motifs is 4. The maximum Gasteiger partial charge on any atom is 0.417 e. The second-order valence-electron chi connectivity index (χ2n) is 5.91. The summed E-state index contributed by atoms with van der Waals surface area (Å²) < 4.78 is 79.1. The molecule has 1 aromatic heterocycles. The predicted octanol–water partition coefficient (Wildman–Crippen LogP) is 4.97. The molecule has 0 amide bonds. The van der Waals surface area contributed by atoms with Crippen LogP contribution in [0.5, 0.6) is 0 Å². The number of aliphatic imine (C=N–C) groups is 1. The van der Waals surface area contributed by atoms with E-state index in [2.05, 4.69) is 15.0 Å². The van der Waals surface area contributed by atoms with E-state index in [9.17, 15) is 26.3 Å². The molecule has 0 aliphatic heterocycles. The first-order valence-corrected chi connectivity index (χ1v) is 7.68. The molecule has 1 heterocycles. The highest BCUT2D eigenvalue weighted by molar-refractivity contribution is 6.23. The predicted molar refractivity (Wildman–Crippen MR) is 86.2 cm³/mol. The SMILES string of the molecule is N#C/N=C1\c2ccccc2-c2nc3cc(C(F)(F)F)c(C(F)(F)F)cc3nc21. The van der Waals surface area contributed by atoms with Gasteiger partial charge >= 0.3 is 12.4 Å². The first-order valence-electron chi connectivity index (χ1n) is 7.68. The van der Waals surface area contributed by atoms with Crippen LogP contribution in [0.15, 0.2) is 41.4 Å². The molecule has 0 spiro atoms. The van der Waals surface area contributed by atoms with Gasteiger partial charge in [-0.2, -0.15) is 36.6 Å². The van der Waals surface area contributed by atoms with Gasteiger partial charge in [-0.15, -0.1) is 0 Å². The van der Waals surface area contributed by atoms with E-state index in [1.807, 2.05) is 0 Å². The number of aromatic nitrogens is 2. The Morgan fingerprint density at radius 3 is 1.79 bits per heavy atom. The third-order valence-corrected chi connectivity index (χ3v) is 4.24. The molecule has 0 radical (unpaired) electrons. The minimum Gasteiger partial charge on any atom is -0.244 e. The van der Waals surface area contributed by atoms with Crippen LogP contribution in [0.4, 0.5) is 26.3 Å². The van der Waals surface area contributed by atoms with Crippen molar-refractivity contribution in [2.45, 2.75) is 12.4 Å². The van der Waals surface area contributed by atoms with E-state index in [1.54, 1.807) is 30.5 Å². The Morgan fingerprint density at radius 1 is 0.786 bits per heavy atom. The Balaban J connectivity index is 2.08. The van der Waals surface area contributed by atoms with Gasteiger partial charge in [-0.1, -0.05) is 24.3 Å². The summed E-state index contributed by atoms with van der Waals surface area (Å²) in [5.74, 6) is 0. The van der Waals surface area contributed by atoms with Gasteiger partial charge in [0.1, 0.15) is 11.4 Å². The van der Waals surface area contributed by atoms with Gasteiger partial charge in [0.05, 0.1) is 27.9 Å². The third-order valence-electron chi connectivity index (χ3n) is 4.24. The molecule has 10 heteroatoms. The van der Waals surface area contributed by atoms with Gasteiger partial charge in [0, 0.05) is 11.1 Å². The molecule has 140 valence electrons. The molecule has 4 nitrogen and oxygen atoms in total. The summed E-state index contributed by atoms with van der Waals surface area (Å²) in [5.41, 5.74) is -3.14. The molecular weight excluding hydrogens is 386 g/mol. The zero-order valence-corrected chi connectivity index (χ0v) is 13.5. The van der Waals surface area contributed by atoms with Crippen LogP contribution in [-0.2, 0) is 12.4 Å². The number of halogens is 6. The molecule has 0 saturated carbocycles. The number of benzene rings is 2. The molecule has 3 aromatic rings. The average molecular weight is 392 g/mol. The number of nitrogens with zero attached hydrogens (tertiary/aromatic N) is 4. The largest absolute Gasteiger partial charge is 0.417 e. The molecule has 0 unspecified atom stereocenters. The van der Waals surface area contributed by atoms with Gasteiger partial charge in [-0.3, -0.25) is 0 Å². The highest BCUT2D eigenvalue weighted by Crippen LogP contribution is 2.43. The van der Waals surface area contributed by atoms with Crippen LogP contribution < -0.4 is 0 Å². The van der Waals surface area contributed by atoms with Crippen molar-refractivity contribution in [1.82, 2.24) is 9.97 Å². The zero-order chi connectivity index (χ0) is 20.3. The van der Waals surface area contributed by atoms with Crippen molar-refractivity contribution in [2.75, 3.05) is 0 Å². The summed E-state index contributed by atoms with van der Waals surface area (Å²) in [4.78, 5) is 11.8. The quantitative estimate of drug-likeness (QED) is 0.314. The van der Waals surface area contributed by atoms with Crippen LogP contribution in [0.2, 0.25) is 0 Å². The number of hydrogen-bond acceptors (Lipinski definition) is 4. The average Bonchev–Trinajstić information content (AvgIpc) is 2.91. The van der Waals surface area contributed by atoms with Gasteiger partial charge in [-0.05, 0) is 12.1 Å². The Morgan fingerprint density at radius 2 is 1.29 bits per heavy atom. The molecule has 4 rings (SSSR count). The Kier molecular flexibility index (Phi) is 3.68. The number of hydrogen-bond donors (Lipinski definition) is 0. The van der Waals surface area contributed by atoms with E-state index in [0.29, 0.717) is 23.3 Å². The Bertz CT molecular complexity index is 1200. The fraction of sp³-hybridized carbons (Fsp3) is 0.111. The zero-order valence-electron chi connectivity index (χ0n) is 13.5. The lowest BCUT2D eigenvalue weighted by Crippen LogP contribution is -2.17. The first kappa shape index (κ1) is 17.9. The standard InChI is InChI=1S/C18H6F6N4/c19-17(20,21)10-5-12-13(6-11(10)18(22,23)24)28-16-14(26-7-25)8-3-1-2-4-9(8)15(16)27-12/h1-6H/b26-14+. The Labute approximate surface area is 152 Å². The van der Waals surface area contributed by atoms with Crippen molar-refractivity contribution >= 4 is 16.7 Å². The molecule has 28 heavy (non-hydrogen) atoms. The van der Waals surface area contributed by atoms with Crippen LogP contribution in [-0.4, -0.2) is 15.7 Å². The van der Waals surface area contributed by atoms with Crippen LogP contribution >= 0.6 is 0 Å². The summed E-state index contributed by atoms with van der Waals surface area (Å²) >= 11 is 0. The lowest BCUT2D eigenvalue weighted by molar-refractivity contribution is -0.161. The molecule has 0 atom stereocenters. The van der Waals surface area contributed by atoms with Gasteiger partial charge in [0.25, 0.3) is 0 Å². The van der Waals surface area contributed by atoms with Crippen LogP contribution in [0.25, 0.3) is 22.3 Å². The van der Waals surface area contributed by atoms with Crippen molar-refractivity contribution in [3.05, 3.63) is 58.8 Å².